The highest BCUT2D eigenvalue weighted by atomic mass is 35.5. The summed E-state index contributed by atoms with van der Waals surface area (Å²) < 4.78 is 5.37. The molecule has 0 fully saturated rings. The second-order valence-electron chi connectivity index (χ2n) is 7.06. The zero-order chi connectivity index (χ0) is 21.3. The van der Waals surface area contributed by atoms with Gasteiger partial charge in [0.15, 0.2) is 0 Å². The number of aromatic amines is 1. The largest absolute Gasteiger partial charge is 0.496 e. The molecule has 0 unspecified atom stereocenters. The predicted molar refractivity (Wildman–Crippen MR) is 113 cm³/mol. The Kier molecular flexibility index (Phi) is 5.52. The lowest BCUT2D eigenvalue weighted by Gasteiger charge is -2.28. The maximum Gasteiger partial charge on any atom is 0.270 e. The predicted octanol–water partition coefficient (Wildman–Crippen LogP) is 3.57. The van der Waals surface area contributed by atoms with Crippen molar-refractivity contribution < 1.29 is 9.66 Å². The minimum Gasteiger partial charge on any atom is -0.496 e. The number of nitrogens with one attached hydrogen (secondary N) is 1. The Bertz CT molecular complexity index is 1160. The summed E-state index contributed by atoms with van der Waals surface area (Å²) in [4.78, 5) is 32.9. The molecule has 154 valence electrons. The van der Waals surface area contributed by atoms with E-state index in [0.29, 0.717) is 53.9 Å². The van der Waals surface area contributed by atoms with Gasteiger partial charge in [0.1, 0.15) is 11.6 Å². The fourth-order valence-corrected chi connectivity index (χ4v) is 3.74. The minimum absolute atomic E-state index is 0.0165. The summed E-state index contributed by atoms with van der Waals surface area (Å²) in [7, 11) is 1.54. The van der Waals surface area contributed by atoms with Gasteiger partial charge in [-0.2, -0.15) is 0 Å². The summed E-state index contributed by atoms with van der Waals surface area (Å²) >= 11 is 5.95. The Morgan fingerprint density at radius 3 is 2.73 bits per heavy atom. The topological polar surface area (TPSA) is 101 Å². The van der Waals surface area contributed by atoms with Crippen LogP contribution in [0.4, 0.5) is 5.69 Å². The maximum absolute atomic E-state index is 12.6. The molecule has 0 saturated heterocycles. The van der Waals surface area contributed by atoms with Gasteiger partial charge in [0.2, 0.25) is 0 Å². The summed E-state index contributed by atoms with van der Waals surface area (Å²) in [6.45, 7) is 1.56. The first-order valence-corrected chi connectivity index (χ1v) is 9.74. The Hall–Kier alpha value is -3.23. The summed E-state index contributed by atoms with van der Waals surface area (Å²) in [5.41, 5.74) is 2.75. The molecule has 0 aliphatic carbocycles. The molecule has 30 heavy (non-hydrogen) atoms. The zero-order valence-corrected chi connectivity index (χ0v) is 17.0. The van der Waals surface area contributed by atoms with Crippen molar-refractivity contribution in [1.82, 2.24) is 14.9 Å². The van der Waals surface area contributed by atoms with Gasteiger partial charge in [0.25, 0.3) is 11.2 Å². The SMILES string of the molecule is COc1ccc([N+](=O)[O-])cc1CN1CCc2c(nc(-c3ccc(Cl)cc3)[nH]c2=O)C1. The molecule has 2 heterocycles. The molecule has 0 spiro atoms. The van der Waals surface area contributed by atoms with Crippen LogP contribution in [0.5, 0.6) is 5.75 Å². The lowest BCUT2D eigenvalue weighted by molar-refractivity contribution is -0.385. The molecular formula is C21H19ClN4O4. The lowest BCUT2D eigenvalue weighted by atomic mass is 10.0. The number of nitro groups is 1. The van der Waals surface area contributed by atoms with Gasteiger partial charge in [-0.05, 0) is 36.8 Å². The average Bonchev–Trinajstić information content (AvgIpc) is 2.74. The van der Waals surface area contributed by atoms with Crippen molar-refractivity contribution in [2.45, 2.75) is 19.5 Å². The van der Waals surface area contributed by atoms with E-state index in [1.54, 1.807) is 18.2 Å². The highest BCUT2D eigenvalue weighted by Crippen LogP contribution is 2.27. The third kappa shape index (κ3) is 4.05. The van der Waals surface area contributed by atoms with Crippen LogP contribution in [0.15, 0.2) is 47.3 Å². The molecule has 1 aliphatic heterocycles. The molecule has 0 radical (unpaired) electrons. The van der Waals surface area contributed by atoms with E-state index in [-0.39, 0.29) is 11.2 Å². The fraction of sp³-hybridized carbons (Fsp3) is 0.238. The number of benzene rings is 2. The summed E-state index contributed by atoms with van der Waals surface area (Å²) in [5.74, 6) is 1.08. The number of hydrogen-bond donors (Lipinski definition) is 1. The Morgan fingerprint density at radius 1 is 1.27 bits per heavy atom. The number of nitro benzene ring substituents is 1. The van der Waals surface area contributed by atoms with E-state index in [4.69, 9.17) is 16.3 Å². The van der Waals surface area contributed by atoms with E-state index >= 15 is 0 Å². The van der Waals surface area contributed by atoms with E-state index in [9.17, 15) is 14.9 Å². The average molecular weight is 427 g/mol. The third-order valence-corrected chi connectivity index (χ3v) is 5.39. The zero-order valence-electron chi connectivity index (χ0n) is 16.2. The molecule has 1 aliphatic rings. The van der Waals surface area contributed by atoms with Crippen molar-refractivity contribution in [3.8, 4) is 17.1 Å². The van der Waals surface area contributed by atoms with E-state index in [2.05, 4.69) is 14.9 Å². The van der Waals surface area contributed by atoms with Crippen LogP contribution in [-0.2, 0) is 19.5 Å². The van der Waals surface area contributed by atoms with Crippen LogP contribution in [0, 0.1) is 10.1 Å². The highest BCUT2D eigenvalue weighted by molar-refractivity contribution is 6.30. The fourth-order valence-electron chi connectivity index (χ4n) is 3.62. The second-order valence-corrected chi connectivity index (χ2v) is 7.50. The number of rotatable bonds is 5. The number of H-pyrrole nitrogens is 1. The van der Waals surface area contributed by atoms with E-state index in [1.165, 1.54) is 19.2 Å². The molecule has 0 bridgehead atoms. The van der Waals surface area contributed by atoms with Crippen molar-refractivity contribution >= 4 is 17.3 Å². The van der Waals surface area contributed by atoms with Crippen molar-refractivity contribution in [1.29, 1.82) is 0 Å². The van der Waals surface area contributed by atoms with Crippen LogP contribution in [0.2, 0.25) is 5.02 Å². The van der Waals surface area contributed by atoms with Gasteiger partial charge in [0, 0.05) is 53.5 Å². The summed E-state index contributed by atoms with van der Waals surface area (Å²) in [6, 6.07) is 11.7. The quantitative estimate of drug-likeness (QED) is 0.494. The molecule has 0 saturated carbocycles. The van der Waals surface area contributed by atoms with E-state index < -0.39 is 4.92 Å². The van der Waals surface area contributed by atoms with Crippen LogP contribution in [0.1, 0.15) is 16.8 Å². The van der Waals surface area contributed by atoms with E-state index in [0.717, 1.165) is 11.1 Å². The highest BCUT2D eigenvalue weighted by Gasteiger charge is 2.23. The van der Waals surface area contributed by atoms with Crippen LogP contribution in [0.25, 0.3) is 11.4 Å². The summed E-state index contributed by atoms with van der Waals surface area (Å²) in [6.07, 6.45) is 0.551. The molecule has 2 aromatic carbocycles. The number of non-ortho nitro benzene ring substituents is 1. The van der Waals surface area contributed by atoms with Crippen LogP contribution >= 0.6 is 11.6 Å². The molecular weight excluding hydrogens is 408 g/mol. The first-order valence-electron chi connectivity index (χ1n) is 9.36. The standard InChI is InChI=1S/C21H19ClN4O4/c1-30-19-7-6-16(26(28)29)10-14(19)11-25-9-8-17-18(12-25)23-20(24-21(17)27)13-2-4-15(22)5-3-13/h2-7,10H,8-9,11-12H2,1H3,(H,23,24,27). The summed E-state index contributed by atoms with van der Waals surface area (Å²) in [5, 5.41) is 11.7. The molecule has 1 aromatic heterocycles. The van der Waals surface area contributed by atoms with Gasteiger partial charge in [-0.25, -0.2) is 4.98 Å². The molecule has 3 aromatic rings. The molecule has 0 atom stereocenters. The van der Waals surface area contributed by atoms with E-state index in [1.807, 2.05) is 12.1 Å². The first-order chi connectivity index (χ1) is 14.4. The smallest absolute Gasteiger partial charge is 0.270 e. The van der Waals surface area contributed by atoms with Crippen molar-refractivity contribution in [2.24, 2.45) is 0 Å². The number of fused-ring (bicyclic) bond motifs is 1. The number of halogens is 1. The van der Waals surface area contributed by atoms with Crippen molar-refractivity contribution in [3.05, 3.63) is 84.8 Å². The third-order valence-electron chi connectivity index (χ3n) is 5.14. The van der Waals surface area contributed by atoms with Gasteiger partial charge < -0.3 is 9.72 Å². The van der Waals surface area contributed by atoms with Gasteiger partial charge in [-0.3, -0.25) is 19.8 Å². The van der Waals surface area contributed by atoms with Crippen molar-refractivity contribution in [3.63, 3.8) is 0 Å². The number of nitrogens with zero attached hydrogens (tertiary/aromatic N) is 3. The van der Waals surface area contributed by atoms with Gasteiger partial charge in [0.05, 0.1) is 17.7 Å². The molecule has 1 N–H and O–H groups in total. The van der Waals surface area contributed by atoms with Crippen LogP contribution < -0.4 is 10.3 Å². The molecule has 0 amide bonds. The number of hydrogen-bond acceptors (Lipinski definition) is 6. The van der Waals surface area contributed by atoms with Gasteiger partial charge in [-0.15, -0.1) is 0 Å². The number of methoxy groups -OCH3 is 1. The molecule has 9 heteroatoms. The Balaban J connectivity index is 1.62. The molecule has 4 rings (SSSR count). The van der Waals surface area contributed by atoms with Crippen LogP contribution in [0.3, 0.4) is 0 Å². The minimum atomic E-state index is -0.423. The van der Waals surface area contributed by atoms with Crippen LogP contribution in [-0.4, -0.2) is 33.4 Å². The van der Waals surface area contributed by atoms with Gasteiger partial charge >= 0.3 is 0 Å². The maximum atomic E-state index is 12.6. The van der Waals surface area contributed by atoms with Crippen molar-refractivity contribution in [2.75, 3.05) is 13.7 Å². The normalized spacial score (nSPS) is 13.7. The number of aromatic nitrogens is 2. The Morgan fingerprint density at radius 2 is 2.03 bits per heavy atom. The first kappa shape index (κ1) is 20.1. The van der Waals surface area contributed by atoms with Gasteiger partial charge in [-0.1, -0.05) is 11.6 Å². The monoisotopic (exact) mass is 426 g/mol. The lowest BCUT2D eigenvalue weighted by Crippen LogP contribution is -2.35. The second kappa shape index (κ2) is 8.25. The number of ether oxygens (including phenoxy) is 1. The molecule has 8 nitrogen and oxygen atoms in total. The Labute approximate surface area is 177 Å².